The summed E-state index contributed by atoms with van der Waals surface area (Å²) in [4.78, 5) is 0. The van der Waals surface area contributed by atoms with Gasteiger partial charge in [-0.1, -0.05) is 20.4 Å². The average molecular weight is 316 g/mol. The monoisotopic (exact) mass is 315 g/mol. The minimum atomic E-state index is -0.365. The van der Waals surface area contributed by atoms with Crippen LogP contribution in [0.2, 0.25) is 0 Å². The van der Waals surface area contributed by atoms with Gasteiger partial charge in [0.15, 0.2) is 5.83 Å². The first-order chi connectivity index (χ1) is 8.26. The Hall–Kier alpha value is -0.870. The number of nitrogens with one attached hydrogen (secondary N) is 1. The summed E-state index contributed by atoms with van der Waals surface area (Å²) < 4.78 is 13.8. The lowest BCUT2D eigenvalue weighted by Crippen LogP contribution is -2.20. The summed E-state index contributed by atoms with van der Waals surface area (Å²) in [5.41, 5.74) is 2.36. The fourth-order valence-corrected chi connectivity index (χ4v) is 2.05. The topological polar surface area (TPSA) is 32.3 Å². The van der Waals surface area contributed by atoms with Crippen LogP contribution in [0.3, 0.4) is 0 Å². The van der Waals surface area contributed by atoms with Crippen LogP contribution >= 0.6 is 15.9 Å². The predicted octanol–water partition coefficient (Wildman–Crippen LogP) is 3.92. The van der Waals surface area contributed by atoms with E-state index in [0.29, 0.717) is 10.9 Å². The van der Waals surface area contributed by atoms with Gasteiger partial charge in [0.2, 0.25) is 0 Å². The second kappa shape index (κ2) is 5.85. The first kappa shape index (κ1) is 15.2. The van der Waals surface area contributed by atoms with Gasteiger partial charge in [0.25, 0.3) is 0 Å². The summed E-state index contributed by atoms with van der Waals surface area (Å²) in [6.07, 6.45) is 3.65. The molecular formula is C14H19BrFNO. The van der Waals surface area contributed by atoms with Crippen molar-refractivity contribution in [3.63, 3.8) is 0 Å². The van der Waals surface area contributed by atoms with E-state index in [1.54, 1.807) is 6.08 Å². The first-order valence-corrected chi connectivity index (χ1v) is 6.56. The highest BCUT2D eigenvalue weighted by molar-refractivity contribution is 9.11. The maximum absolute atomic E-state index is 13.5. The smallest absolute Gasteiger partial charge is 0.153 e. The average Bonchev–Trinajstić information content (AvgIpc) is 2.31. The number of halogens is 2. The third-order valence-electron chi connectivity index (χ3n) is 2.87. The Kier molecular flexibility index (Phi) is 4.93. The van der Waals surface area contributed by atoms with Crippen LogP contribution in [-0.2, 0) is 0 Å². The molecule has 0 atom stereocenters. The largest absolute Gasteiger partial charge is 0.396 e. The molecule has 18 heavy (non-hydrogen) atoms. The van der Waals surface area contributed by atoms with Crippen LogP contribution in [0, 0.1) is 5.41 Å². The predicted molar refractivity (Wildman–Crippen MR) is 76.7 cm³/mol. The molecule has 0 radical (unpaired) electrons. The molecule has 0 fully saturated rings. The van der Waals surface area contributed by atoms with E-state index in [1.807, 2.05) is 20.8 Å². The molecule has 1 aliphatic heterocycles. The van der Waals surface area contributed by atoms with E-state index >= 15 is 0 Å². The lowest BCUT2D eigenvalue weighted by Gasteiger charge is -2.26. The molecule has 0 aromatic rings. The van der Waals surface area contributed by atoms with Gasteiger partial charge in [-0.3, -0.25) is 0 Å². The molecular weight excluding hydrogens is 297 g/mol. The van der Waals surface area contributed by atoms with Crippen molar-refractivity contribution in [2.24, 2.45) is 5.41 Å². The molecule has 1 aliphatic rings. The van der Waals surface area contributed by atoms with E-state index in [4.69, 9.17) is 0 Å². The zero-order valence-corrected chi connectivity index (χ0v) is 12.6. The number of hydrogen-bond acceptors (Lipinski definition) is 2. The molecule has 0 spiro atoms. The van der Waals surface area contributed by atoms with Crippen molar-refractivity contribution in [1.82, 2.24) is 5.32 Å². The van der Waals surface area contributed by atoms with Gasteiger partial charge in [-0.05, 0) is 51.9 Å². The van der Waals surface area contributed by atoms with Crippen molar-refractivity contribution in [1.29, 1.82) is 0 Å². The molecule has 0 bridgehead atoms. The number of rotatable bonds is 3. The van der Waals surface area contributed by atoms with Gasteiger partial charge >= 0.3 is 0 Å². The van der Waals surface area contributed by atoms with Crippen molar-refractivity contribution in [2.75, 3.05) is 6.61 Å². The zero-order chi connectivity index (χ0) is 13.9. The number of allylic oxidation sites excluding steroid dienone is 6. The second-order valence-corrected chi connectivity index (χ2v) is 6.11. The Morgan fingerprint density at radius 1 is 1.50 bits per heavy atom. The molecule has 0 amide bonds. The van der Waals surface area contributed by atoms with E-state index in [9.17, 15) is 9.50 Å². The van der Waals surface area contributed by atoms with Gasteiger partial charge in [-0.25, -0.2) is 4.39 Å². The van der Waals surface area contributed by atoms with Gasteiger partial charge in [0.05, 0.1) is 4.48 Å². The minimum Gasteiger partial charge on any atom is -0.396 e. The van der Waals surface area contributed by atoms with Gasteiger partial charge in [0.1, 0.15) is 0 Å². The van der Waals surface area contributed by atoms with Crippen LogP contribution in [0.1, 0.15) is 27.2 Å². The summed E-state index contributed by atoms with van der Waals surface area (Å²) in [6, 6.07) is 0. The highest BCUT2D eigenvalue weighted by atomic mass is 79.9. The van der Waals surface area contributed by atoms with Gasteiger partial charge in [-0.15, -0.1) is 0 Å². The second-order valence-electron chi connectivity index (χ2n) is 5.26. The molecule has 2 nitrogen and oxygen atoms in total. The molecule has 0 aliphatic carbocycles. The van der Waals surface area contributed by atoms with Gasteiger partial charge < -0.3 is 10.4 Å². The quantitative estimate of drug-likeness (QED) is 0.827. The summed E-state index contributed by atoms with van der Waals surface area (Å²) >= 11 is 3.17. The summed E-state index contributed by atoms with van der Waals surface area (Å²) in [5, 5.41) is 12.3. The summed E-state index contributed by atoms with van der Waals surface area (Å²) in [6.45, 7) is 9.90. The Morgan fingerprint density at radius 2 is 2.11 bits per heavy atom. The van der Waals surface area contributed by atoms with E-state index < -0.39 is 0 Å². The van der Waals surface area contributed by atoms with E-state index in [-0.39, 0.29) is 17.8 Å². The minimum absolute atomic E-state index is 0.0894. The third kappa shape index (κ3) is 3.82. The third-order valence-corrected chi connectivity index (χ3v) is 3.48. The van der Waals surface area contributed by atoms with Crippen LogP contribution in [0.15, 0.2) is 46.0 Å². The number of aliphatic hydroxyl groups is 1. The molecule has 100 valence electrons. The fourth-order valence-electron chi connectivity index (χ4n) is 1.66. The van der Waals surface area contributed by atoms with Gasteiger partial charge in [0, 0.05) is 18.5 Å². The van der Waals surface area contributed by atoms with Crippen molar-refractivity contribution in [3.8, 4) is 0 Å². The molecule has 0 saturated carbocycles. The van der Waals surface area contributed by atoms with Crippen LogP contribution in [0.4, 0.5) is 4.39 Å². The first-order valence-electron chi connectivity index (χ1n) is 5.76. The number of aliphatic hydroxyl groups excluding tert-OH is 1. The molecule has 1 heterocycles. The Bertz CT molecular complexity index is 447. The van der Waals surface area contributed by atoms with E-state index in [1.165, 1.54) is 6.20 Å². The number of hydrogen-bond donors (Lipinski definition) is 2. The lowest BCUT2D eigenvalue weighted by molar-refractivity contribution is 0.160. The van der Waals surface area contributed by atoms with Crippen molar-refractivity contribution < 1.29 is 9.50 Å². The Labute approximate surface area is 116 Å². The fraction of sp³-hybridized carbons (Fsp3) is 0.429. The SMILES string of the molecule is C=C1/C=C(Br)\C(F)=C/N/C(C)=C\1CC(C)(C)CO. The van der Waals surface area contributed by atoms with Gasteiger partial charge in [-0.2, -0.15) is 0 Å². The molecule has 4 heteroatoms. The zero-order valence-electron chi connectivity index (χ0n) is 11.0. The molecule has 0 aromatic carbocycles. The Morgan fingerprint density at radius 3 is 2.67 bits per heavy atom. The lowest BCUT2D eigenvalue weighted by atomic mass is 9.83. The normalized spacial score (nSPS) is 27.6. The van der Waals surface area contributed by atoms with Crippen LogP contribution in [-0.4, -0.2) is 11.7 Å². The summed E-state index contributed by atoms with van der Waals surface area (Å²) in [5.74, 6) is -0.365. The van der Waals surface area contributed by atoms with Crippen molar-refractivity contribution in [2.45, 2.75) is 27.2 Å². The Balaban J connectivity index is 3.13. The highest BCUT2D eigenvalue weighted by Gasteiger charge is 2.22. The molecule has 1 rings (SSSR count). The molecule has 0 unspecified atom stereocenters. The van der Waals surface area contributed by atoms with Crippen LogP contribution in [0.5, 0.6) is 0 Å². The van der Waals surface area contributed by atoms with E-state index in [0.717, 1.165) is 16.8 Å². The maximum Gasteiger partial charge on any atom is 0.153 e. The molecule has 2 N–H and O–H groups in total. The van der Waals surface area contributed by atoms with Crippen LogP contribution in [0.25, 0.3) is 0 Å². The van der Waals surface area contributed by atoms with E-state index in [2.05, 4.69) is 27.8 Å². The molecule has 0 saturated heterocycles. The standard InChI is InChI=1S/C14H19BrFNO/c1-9-5-12(15)13(16)7-17-10(2)11(9)6-14(3,4)8-18/h5,7,17-18H,1,6,8H2,2-4H3/b11-10-,12-5+,13-7+. The van der Waals surface area contributed by atoms with Crippen molar-refractivity contribution >= 4 is 15.9 Å². The van der Waals surface area contributed by atoms with Crippen molar-refractivity contribution in [3.05, 3.63) is 46.0 Å². The highest BCUT2D eigenvalue weighted by Crippen LogP contribution is 2.33. The van der Waals surface area contributed by atoms with Crippen LogP contribution < -0.4 is 5.32 Å². The summed E-state index contributed by atoms with van der Waals surface area (Å²) in [7, 11) is 0. The molecule has 0 aromatic heterocycles. The maximum atomic E-state index is 13.5.